The number of nitrogens with two attached hydrogens (primary N) is 1. The van der Waals surface area contributed by atoms with Gasteiger partial charge in [-0.1, -0.05) is 50.1 Å². The number of hydrogen-bond acceptors (Lipinski definition) is 2. The lowest BCUT2D eigenvalue weighted by molar-refractivity contribution is 0.130. The van der Waals surface area contributed by atoms with E-state index in [9.17, 15) is 0 Å². The average Bonchev–Trinajstić information content (AvgIpc) is 2.53. The molecule has 2 heteroatoms. The van der Waals surface area contributed by atoms with Crippen molar-refractivity contribution in [1.29, 1.82) is 0 Å². The first-order valence-corrected chi connectivity index (χ1v) is 8.17. The van der Waals surface area contributed by atoms with Gasteiger partial charge in [0.1, 0.15) is 0 Å². The number of hydrogen-bond donors (Lipinski definition) is 1. The molecule has 1 aliphatic rings. The lowest BCUT2D eigenvalue weighted by atomic mass is 9.83. The molecule has 20 heavy (non-hydrogen) atoms. The molecule has 3 atom stereocenters. The molecule has 1 fully saturated rings. The van der Waals surface area contributed by atoms with E-state index in [0.717, 1.165) is 6.54 Å². The van der Waals surface area contributed by atoms with Gasteiger partial charge in [0.2, 0.25) is 0 Å². The van der Waals surface area contributed by atoms with Crippen LogP contribution < -0.4 is 5.73 Å². The molecular weight excluding hydrogens is 244 g/mol. The molecule has 1 saturated carbocycles. The first-order chi connectivity index (χ1) is 9.72. The van der Waals surface area contributed by atoms with Crippen LogP contribution in [0, 0.1) is 5.92 Å². The van der Waals surface area contributed by atoms with E-state index in [0.29, 0.717) is 17.9 Å². The molecule has 112 valence electrons. The van der Waals surface area contributed by atoms with Gasteiger partial charge in [-0.2, -0.15) is 0 Å². The zero-order valence-electron chi connectivity index (χ0n) is 13.1. The molecule has 0 amide bonds. The number of rotatable bonds is 6. The van der Waals surface area contributed by atoms with Gasteiger partial charge in [-0.25, -0.2) is 0 Å². The van der Waals surface area contributed by atoms with Crippen molar-refractivity contribution in [3.05, 3.63) is 35.9 Å². The Balaban J connectivity index is 1.83. The maximum atomic E-state index is 5.95. The van der Waals surface area contributed by atoms with E-state index in [1.165, 1.54) is 44.2 Å². The van der Waals surface area contributed by atoms with E-state index in [4.69, 9.17) is 5.73 Å². The van der Waals surface area contributed by atoms with Crippen molar-refractivity contribution in [2.75, 3.05) is 20.1 Å². The normalized spacial score (nSPS) is 24.8. The summed E-state index contributed by atoms with van der Waals surface area (Å²) in [6.45, 7) is 4.37. The summed E-state index contributed by atoms with van der Waals surface area (Å²) < 4.78 is 0. The zero-order valence-corrected chi connectivity index (χ0v) is 13.1. The van der Waals surface area contributed by atoms with Crippen molar-refractivity contribution in [2.45, 2.75) is 51.0 Å². The quantitative estimate of drug-likeness (QED) is 0.858. The maximum absolute atomic E-state index is 5.95. The van der Waals surface area contributed by atoms with Crippen LogP contribution in [0.3, 0.4) is 0 Å². The van der Waals surface area contributed by atoms with Gasteiger partial charge < -0.3 is 10.6 Å². The van der Waals surface area contributed by atoms with Crippen LogP contribution in [0.4, 0.5) is 0 Å². The summed E-state index contributed by atoms with van der Waals surface area (Å²) in [6.07, 6.45) is 6.62. The smallest absolute Gasteiger partial charge is 0.0132 e. The van der Waals surface area contributed by atoms with Crippen LogP contribution in [0.2, 0.25) is 0 Å². The van der Waals surface area contributed by atoms with Crippen LogP contribution in [-0.2, 0) is 0 Å². The van der Waals surface area contributed by atoms with E-state index in [1.807, 2.05) is 0 Å². The Morgan fingerprint density at radius 2 is 1.90 bits per heavy atom. The van der Waals surface area contributed by atoms with Gasteiger partial charge in [-0.15, -0.1) is 0 Å². The summed E-state index contributed by atoms with van der Waals surface area (Å²) in [7, 11) is 2.29. The van der Waals surface area contributed by atoms with Crippen molar-refractivity contribution in [1.82, 2.24) is 4.90 Å². The predicted octanol–water partition coefficient (Wildman–Crippen LogP) is 3.63. The molecule has 0 aliphatic heterocycles. The van der Waals surface area contributed by atoms with Gasteiger partial charge in [-0.3, -0.25) is 0 Å². The molecule has 0 heterocycles. The van der Waals surface area contributed by atoms with Crippen molar-refractivity contribution >= 4 is 0 Å². The van der Waals surface area contributed by atoms with Gasteiger partial charge in [0, 0.05) is 6.04 Å². The van der Waals surface area contributed by atoms with Crippen molar-refractivity contribution in [2.24, 2.45) is 11.7 Å². The van der Waals surface area contributed by atoms with Crippen LogP contribution in [-0.4, -0.2) is 31.1 Å². The third-order valence-electron chi connectivity index (χ3n) is 5.02. The Labute approximate surface area is 124 Å². The van der Waals surface area contributed by atoms with Crippen LogP contribution in [0.15, 0.2) is 30.3 Å². The molecule has 0 spiro atoms. The molecule has 0 radical (unpaired) electrons. The molecular formula is C18H30N2. The fourth-order valence-corrected chi connectivity index (χ4v) is 3.55. The Morgan fingerprint density at radius 1 is 1.20 bits per heavy atom. The van der Waals surface area contributed by atoms with Crippen LogP contribution >= 0.6 is 0 Å². The van der Waals surface area contributed by atoms with Gasteiger partial charge in [0.15, 0.2) is 0 Å². The Morgan fingerprint density at radius 3 is 2.60 bits per heavy atom. The molecule has 0 bridgehead atoms. The third kappa shape index (κ3) is 4.07. The van der Waals surface area contributed by atoms with Crippen LogP contribution in [0.25, 0.3) is 0 Å². The second-order valence-corrected chi connectivity index (χ2v) is 6.43. The minimum absolute atomic E-state index is 0.638. The second kappa shape index (κ2) is 7.80. The summed E-state index contributed by atoms with van der Waals surface area (Å²) in [4.78, 5) is 2.57. The molecule has 3 unspecified atom stereocenters. The Bertz CT molecular complexity index is 376. The topological polar surface area (TPSA) is 29.3 Å². The molecule has 2 N–H and O–H groups in total. The fraction of sp³-hybridized carbons (Fsp3) is 0.667. The highest BCUT2D eigenvalue weighted by Gasteiger charge is 2.27. The number of nitrogens with zero attached hydrogens (tertiary/aromatic N) is 1. The third-order valence-corrected chi connectivity index (χ3v) is 5.02. The summed E-state index contributed by atoms with van der Waals surface area (Å²) in [6, 6.07) is 11.6. The minimum Gasteiger partial charge on any atom is -0.330 e. The molecule has 2 nitrogen and oxygen atoms in total. The van der Waals surface area contributed by atoms with Gasteiger partial charge >= 0.3 is 0 Å². The molecule has 0 aromatic heterocycles. The van der Waals surface area contributed by atoms with Crippen molar-refractivity contribution < 1.29 is 0 Å². The minimum atomic E-state index is 0.638. The molecule has 2 rings (SSSR count). The fourth-order valence-electron chi connectivity index (χ4n) is 3.55. The first-order valence-electron chi connectivity index (χ1n) is 8.17. The highest BCUT2D eigenvalue weighted by atomic mass is 15.1. The summed E-state index contributed by atoms with van der Waals surface area (Å²) >= 11 is 0. The lowest BCUT2D eigenvalue weighted by Crippen LogP contribution is -2.43. The summed E-state index contributed by atoms with van der Waals surface area (Å²) in [5, 5.41) is 0. The predicted molar refractivity (Wildman–Crippen MR) is 86.9 cm³/mol. The highest BCUT2D eigenvalue weighted by molar-refractivity contribution is 5.18. The molecule has 1 aromatic rings. The second-order valence-electron chi connectivity index (χ2n) is 6.43. The van der Waals surface area contributed by atoms with Crippen molar-refractivity contribution in [3.63, 3.8) is 0 Å². The van der Waals surface area contributed by atoms with Gasteiger partial charge in [0.25, 0.3) is 0 Å². The SMILES string of the molecule is CC(CCN(C)C1CCCCC1CN)c1ccccc1. The van der Waals surface area contributed by atoms with E-state index < -0.39 is 0 Å². The highest BCUT2D eigenvalue weighted by Crippen LogP contribution is 2.28. The van der Waals surface area contributed by atoms with Crippen molar-refractivity contribution in [3.8, 4) is 0 Å². The Hall–Kier alpha value is -0.860. The van der Waals surface area contributed by atoms with E-state index in [2.05, 4.69) is 49.2 Å². The van der Waals surface area contributed by atoms with Crippen LogP contribution in [0.1, 0.15) is 50.5 Å². The summed E-state index contributed by atoms with van der Waals surface area (Å²) in [5.74, 6) is 1.35. The summed E-state index contributed by atoms with van der Waals surface area (Å²) in [5.41, 5.74) is 7.41. The van der Waals surface area contributed by atoms with E-state index >= 15 is 0 Å². The van der Waals surface area contributed by atoms with Crippen LogP contribution in [0.5, 0.6) is 0 Å². The molecule has 1 aromatic carbocycles. The van der Waals surface area contributed by atoms with Gasteiger partial charge in [0.05, 0.1) is 0 Å². The molecule has 1 aliphatic carbocycles. The molecule has 0 saturated heterocycles. The van der Waals surface area contributed by atoms with Gasteiger partial charge in [-0.05, 0) is 56.8 Å². The monoisotopic (exact) mass is 274 g/mol. The van der Waals surface area contributed by atoms with E-state index in [1.54, 1.807) is 0 Å². The zero-order chi connectivity index (χ0) is 14.4. The lowest BCUT2D eigenvalue weighted by Gasteiger charge is -2.38. The maximum Gasteiger partial charge on any atom is 0.0132 e. The average molecular weight is 274 g/mol. The number of benzene rings is 1. The Kier molecular flexibility index (Phi) is 6.06. The standard InChI is InChI=1S/C18H30N2/c1-15(16-8-4-3-5-9-16)12-13-20(2)18-11-7-6-10-17(18)14-19/h3-5,8-9,15,17-18H,6-7,10-14,19H2,1-2H3. The first kappa shape index (κ1) is 15.5. The largest absolute Gasteiger partial charge is 0.330 e. The van der Waals surface area contributed by atoms with E-state index in [-0.39, 0.29) is 0 Å².